The Morgan fingerprint density at radius 1 is 1.14 bits per heavy atom. The minimum Gasteiger partial charge on any atom is -0.493 e. The zero-order chi connectivity index (χ0) is 20.1. The summed E-state index contributed by atoms with van der Waals surface area (Å²) in [6.07, 6.45) is 3.42. The number of carbonyl (C=O) groups is 1. The normalized spacial score (nSPS) is 15.2. The highest BCUT2D eigenvalue weighted by Gasteiger charge is 2.21. The van der Waals surface area contributed by atoms with Crippen LogP contribution in [0, 0.1) is 13.8 Å². The lowest BCUT2D eigenvalue weighted by molar-refractivity contribution is -0.127. The molecule has 0 atom stereocenters. The van der Waals surface area contributed by atoms with Crippen LogP contribution >= 0.6 is 0 Å². The second-order valence-electron chi connectivity index (χ2n) is 6.85. The predicted octanol–water partition coefficient (Wildman–Crippen LogP) is 2.67. The Hall–Kier alpha value is -2.80. The lowest BCUT2D eigenvalue weighted by Crippen LogP contribution is -2.47. The lowest BCUT2D eigenvalue weighted by atomic mass is 10.1. The molecule has 0 N–H and O–H groups in total. The summed E-state index contributed by atoms with van der Waals surface area (Å²) >= 11 is 0. The summed E-state index contributed by atoms with van der Waals surface area (Å²) in [4.78, 5) is 16.7. The van der Waals surface area contributed by atoms with Crippen LogP contribution in [0.4, 0.5) is 0 Å². The smallest absolute Gasteiger partial charge is 0.246 e. The average Bonchev–Trinajstić information content (AvgIpc) is 3.04. The molecule has 1 saturated heterocycles. The van der Waals surface area contributed by atoms with Gasteiger partial charge in [-0.3, -0.25) is 9.69 Å². The van der Waals surface area contributed by atoms with Crippen LogP contribution in [0.25, 0.3) is 6.08 Å². The van der Waals surface area contributed by atoms with Gasteiger partial charge in [0.1, 0.15) is 5.76 Å². The van der Waals surface area contributed by atoms with Crippen LogP contribution in [-0.2, 0) is 11.3 Å². The van der Waals surface area contributed by atoms with E-state index >= 15 is 0 Å². The molecule has 1 aromatic heterocycles. The van der Waals surface area contributed by atoms with E-state index < -0.39 is 0 Å². The maximum absolute atomic E-state index is 12.5. The maximum atomic E-state index is 12.5. The van der Waals surface area contributed by atoms with Crippen LogP contribution in [0.3, 0.4) is 0 Å². The van der Waals surface area contributed by atoms with Crippen molar-refractivity contribution in [1.29, 1.82) is 0 Å². The lowest BCUT2D eigenvalue weighted by Gasteiger charge is -2.34. The van der Waals surface area contributed by atoms with Gasteiger partial charge in [0.25, 0.3) is 0 Å². The molecule has 7 heteroatoms. The summed E-state index contributed by atoms with van der Waals surface area (Å²) in [5.41, 5.74) is 2.98. The third-order valence-electron chi connectivity index (χ3n) is 5.07. The van der Waals surface area contributed by atoms with Gasteiger partial charge in [-0.25, -0.2) is 0 Å². The average molecular weight is 385 g/mol. The number of hydrogen-bond acceptors (Lipinski definition) is 6. The number of amides is 1. The van der Waals surface area contributed by atoms with Crippen molar-refractivity contribution in [2.45, 2.75) is 20.4 Å². The number of aromatic nitrogens is 1. The summed E-state index contributed by atoms with van der Waals surface area (Å²) in [7, 11) is 3.20. The van der Waals surface area contributed by atoms with E-state index in [1.165, 1.54) is 0 Å². The van der Waals surface area contributed by atoms with Gasteiger partial charge in [-0.15, -0.1) is 0 Å². The third-order valence-corrected chi connectivity index (χ3v) is 5.07. The first-order valence-corrected chi connectivity index (χ1v) is 9.35. The Morgan fingerprint density at radius 3 is 2.46 bits per heavy atom. The second kappa shape index (κ2) is 8.93. The van der Waals surface area contributed by atoms with Gasteiger partial charge in [0.15, 0.2) is 11.5 Å². The predicted molar refractivity (Wildman–Crippen MR) is 106 cm³/mol. The summed E-state index contributed by atoms with van der Waals surface area (Å²) in [6.45, 7) is 7.79. The maximum Gasteiger partial charge on any atom is 0.246 e. The van der Waals surface area contributed by atoms with E-state index in [1.807, 2.05) is 36.9 Å². The Balaban J connectivity index is 1.54. The molecule has 1 amide bonds. The van der Waals surface area contributed by atoms with Crippen molar-refractivity contribution in [2.24, 2.45) is 0 Å². The largest absolute Gasteiger partial charge is 0.493 e. The molecular weight excluding hydrogens is 358 g/mol. The van der Waals surface area contributed by atoms with Crippen LogP contribution in [0.1, 0.15) is 22.6 Å². The van der Waals surface area contributed by atoms with E-state index in [0.717, 1.165) is 42.2 Å². The van der Waals surface area contributed by atoms with Crippen LogP contribution in [-0.4, -0.2) is 61.3 Å². The Bertz CT molecular complexity index is 832. The van der Waals surface area contributed by atoms with Gasteiger partial charge in [-0.1, -0.05) is 11.2 Å². The molecule has 0 radical (unpaired) electrons. The monoisotopic (exact) mass is 385 g/mol. The SMILES string of the molecule is COc1ccc(C=CC(=O)N2CCN(Cc3c(C)noc3C)CC2)cc1OC. The molecule has 3 rings (SSSR count). The molecule has 0 unspecified atom stereocenters. The van der Waals surface area contributed by atoms with Crippen LogP contribution < -0.4 is 9.47 Å². The minimum atomic E-state index is 0.0202. The first kappa shape index (κ1) is 19.9. The number of benzene rings is 1. The van der Waals surface area contributed by atoms with Gasteiger partial charge in [-0.2, -0.15) is 0 Å². The molecular formula is C21H27N3O4. The third kappa shape index (κ3) is 4.54. The van der Waals surface area contributed by atoms with Gasteiger partial charge in [0.05, 0.1) is 19.9 Å². The number of hydrogen-bond donors (Lipinski definition) is 0. The Morgan fingerprint density at radius 2 is 1.86 bits per heavy atom. The number of methoxy groups -OCH3 is 2. The highest BCUT2D eigenvalue weighted by molar-refractivity contribution is 5.92. The topological polar surface area (TPSA) is 68.0 Å². The van der Waals surface area contributed by atoms with Crippen molar-refractivity contribution < 1.29 is 18.8 Å². The number of rotatable bonds is 6. The van der Waals surface area contributed by atoms with Crippen LogP contribution in [0.5, 0.6) is 11.5 Å². The molecule has 7 nitrogen and oxygen atoms in total. The number of nitrogens with zero attached hydrogens (tertiary/aromatic N) is 3. The molecule has 0 spiro atoms. The summed E-state index contributed by atoms with van der Waals surface area (Å²) in [6, 6.07) is 5.58. The summed E-state index contributed by atoms with van der Waals surface area (Å²) < 4.78 is 15.8. The van der Waals surface area contributed by atoms with Gasteiger partial charge in [0, 0.05) is 44.4 Å². The fourth-order valence-electron chi connectivity index (χ4n) is 3.31. The molecule has 1 fully saturated rings. The summed E-state index contributed by atoms with van der Waals surface area (Å²) in [5, 5.41) is 4.01. The molecule has 1 aliphatic rings. The molecule has 150 valence electrons. The molecule has 0 bridgehead atoms. The first-order valence-electron chi connectivity index (χ1n) is 9.35. The van der Waals surface area contributed by atoms with Crippen LogP contribution in [0.2, 0.25) is 0 Å². The van der Waals surface area contributed by atoms with Crippen molar-refractivity contribution in [3.05, 3.63) is 46.9 Å². The molecule has 1 aromatic carbocycles. The van der Waals surface area contributed by atoms with Crippen LogP contribution in [0.15, 0.2) is 28.8 Å². The zero-order valence-electron chi connectivity index (χ0n) is 16.9. The minimum absolute atomic E-state index is 0.0202. The Kier molecular flexibility index (Phi) is 6.36. The van der Waals surface area contributed by atoms with Gasteiger partial charge < -0.3 is 18.9 Å². The highest BCUT2D eigenvalue weighted by Crippen LogP contribution is 2.28. The summed E-state index contributed by atoms with van der Waals surface area (Å²) in [5.74, 6) is 2.20. The molecule has 0 saturated carbocycles. The second-order valence-corrected chi connectivity index (χ2v) is 6.85. The molecule has 2 aromatic rings. The van der Waals surface area contributed by atoms with E-state index in [0.29, 0.717) is 24.6 Å². The number of piperazine rings is 1. The van der Waals surface area contributed by atoms with E-state index in [9.17, 15) is 4.79 Å². The van der Waals surface area contributed by atoms with Crippen molar-refractivity contribution in [2.75, 3.05) is 40.4 Å². The molecule has 1 aliphatic heterocycles. The standard InChI is InChI=1S/C21H27N3O4/c1-15-18(16(2)28-22-15)14-23-9-11-24(12-10-23)21(25)8-6-17-5-7-19(26-3)20(13-17)27-4/h5-8,13H,9-12,14H2,1-4H3. The Labute approximate surface area is 165 Å². The quantitative estimate of drug-likeness (QED) is 0.712. The van der Waals surface area contributed by atoms with Crippen molar-refractivity contribution in [3.63, 3.8) is 0 Å². The van der Waals surface area contributed by atoms with E-state index in [2.05, 4.69) is 10.1 Å². The van der Waals surface area contributed by atoms with Crippen molar-refractivity contribution >= 4 is 12.0 Å². The van der Waals surface area contributed by atoms with Crippen molar-refractivity contribution in [3.8, 4) is 11.5 Å². The molecule has 2 heterocycles. The molecule has 0 aliphatic carbocycles. The number of ether oxygens (including phenoxy) is 2. The van der Waals surface area contributed by atoms with Gasteiger partial charge in [-0.05, 0) is 37.6 Å². The van der Waals surface area contributed by atoms with Gasteiger partial charge >= 0.3 is 0 Å². The van der Waals surface area contributed by atoms with Crippen molar-refractivity contribution in [1.82, 2.24) is 15.0 Å². The molecule has 28 heavy (non-hydrogen) atoms. The van der Waals surface area contributed by atoms with E-state index in [1.54, 1.807) is 26.4 Å². The highest BCUT2D eigenvalue weighted by atomic mass is 16.5. The van der Waals surface area contributed by atoms with E-state index in [-0.39, 0.29) is 5.91 Å². The first-order chi connectivity index (χ1) is 13.5. The fraction of sp³-hybridized carbons (Fsp3) is 0.429. The zero-order valence-corrected chi connectivity index (χ0v) is 16.9. The number of carbonyl (C=O) groups excluding carboxylic acids is 1. The van der Waals surface area contributed by atoms with E-state index in [4.69, 9.17) is 14.0 Å². The van der Waals surface area contributed by atoms with Gasteiger partial charge in [0.2, 0.25) is 5.91 Å². The fourth-order valence-corrected chi connectivity index (χ4v) is 3.31. The number of aryl methyl sites for hydroxylation is 2.